The minimum absolute atomic E-state index is 0.289. The van der Waals surface area contributed by atoms with Crippen LogP contribution < -0.4 is 18.9 Å². The zero-order valence-electron chi connectivity index (χ0n) is 34.2. The molecule has 0 heterocycles. The summed E-state index contributed by atoms with van der Waals surface area (Å²) in [7, 11) is 2.08. The number of carbonyl (C=O) groups excluding carboxylic acids is 4. The van der Waals surface area contributed by atoms with E-state index in [4.69, 9.17) is 28.4 Å². The summed E-state index contributed by atoms with van der Waals surface area (Å²) in [5.41, 5.74) is 1.76. The maximum absolute atomic E-state index is 12.8. The SMILES string of the molecule is C=CC(=O)OCCCCCCCCN(C)C(/C=C\C)=C/C=N/CCOc1ccc(C(=O)Oc2ccc(OC(=O)c3ccc(OCCCCOC(=O)C=C)cc3)cc2)cc1. The summed E-state index contributed by atoms with van der Waals surface area (Å²) in [6.45, 7) is 11.7. The lowest BCUT2D eigenvalue weighted by Gasteiger charge is -2.20. The Labute approximate surface area is 347 Å². The third kappa shape index (κ3) is 19.5. The van der Waals surface area contributed by atoms with Crippen molar-refractivity contribution in [2.45, 2.75) is 58.3 Å². The second kappa shape index (κ2) is 28.0. The molecule has 3 rings (SSSR count). The van der Waals surface area contributed by atoms with Crippen LogP contribution in [0, 0.1) is 0 Å². The van der Waals surface area contributed by atoms with Gasteiger partial charge in [-0.25, -0.2) is 19.2 Å². The van der Waals surface area contributed by atoms with Gasteiger partial charge in [-0.05, 0) is 118 Å². The average molecular weight is 809 g/mol. The van der Waals surface area contributed by atoms with Crippen LogP contribution in [0.5, 0.6) is 23.0 Å². The minimum atomic E-state index is -0.549. The summed E-state index contributed by atoms with van der Waals surface area (Å²) in [6, 6.07) is 19.4. The number of hydrogen-bond acceptors (Lipinski definition) is 12. The summed E-state index contributed by atoms with van der Waals surface area (Å²) in [5.74, 6) is -0.122. The molecule has 3 aromatic rings. The van der Waals surface area contributed by atoms with E-state index in [1.807, 2.05) is 19.1 Å². The zero-order chi connectivity index (χ0) is 42.5. The minimum Gasteiger partial charge on any atom is -0.494 e. The van der Waals surface area contributed by atoms with E-state index in [0.717, 1.165) is 56.8 Å². The van der Waals surface area contributed by atoms with Crippen molar-refractivity contribution in [3.8, 4) is 23.0 Å². The number of aliphatic imine (C=N–C) groups is 1. The van der Waals surface area contributed by atoms with Crippen LogP contribution in [0.3, 0.4) is 0 Å². The van der Waals surface area contributed by atoms with Gasteiger partial charge in [0, 0.05) is 37.7 Å². The molecule has 0 atom stereocenters. The highest BCUT2D eigenvalue weighted by Crippen LogP contribution is 2.22. The highest BCUT2D eigenvalue weighted by Gasteiger charge is 2.12. The number of rotatable bonds is 28. The molecule has 314 valence electrons. The number of unbranched alkanes of at least 4 members (excludes halogenated alkanes) is 6. The van der Waals surface area contributed by atoms with Crippen molar-refractivity contribution < 1.29 is 47.6 Å². The van der Waals surface area contributed by atoms with Gasteiger partial charge in [0.05, 0.1) is 37.5 Å². The number of likely N-dealkylation sites (N-methyl/N-ethyl adjacent to an activating group) is 1. The Morgan fingerprint density at radius 1 is 0.593 bits per heavy atom. The Bertz CT molecular complexity index is 1850. The van der Waals surface area contributed by atoms with Crippen LogP contribution in [-0.2, 0) is 19.1 Å². The van der Waals surface area contributed by atoms with Crippen molar-refractivity contribution >= 4 is 30.1 Å². The molecule has 3 aromatic carbocycles. The first kappa shape index (κ1) is 46.9. The van der Waals surface area contributed by atoms with Crippen LogP contribution in [0.25, 0.3) is 0 Å². The Kier molecular flexibility index (Phi) is 22.3. The second-order valence-electron chi connectivity index (χ2n) is 13.1. The van der Waals surface area contributed by atoms with E-state index in [0.29, 0.717) is 74.2 Å². The average Bonchev–Trinajstić information content (AvgIpc) is 3.25. The molecule has 0 aromatic heterocycles. The van der Waals surface area contributed by atoms with E-state index in [2.05, 4.69) is 36.2 Å². The third-order valence-electron chi connectivity index (χ3n) is 8.56. The Hall–Kier alpha value is -6.43. The maximum atomic E-state index is 12.8. The monoisotopic (exact) mass is 808 g/mol. The van der Waals surface area contributed by atoms with Crippen molar-refractivity contribution in [1.82, 2.24) is 4.90 Å². The molecule has 0 saturated heterocycles. The van der Waals surface area contributed by atoms with E-state index in [1.54, 1.807) is 79.0 Å². The molecule has 0 bridgehead atoms. The van der Waals surface area contributed by atoms with Crippen molar-refractivity contribution in [1.29, 1.82) is 0 Å². The van der Waals surface area contributed by atoms with Crippen molar-refractivity contribution in [2.75, 3.05) is 46.6 Å². The van der Waals surface area contributed by atoms with Crippen LogP contribution in [0.4, 0.5) is 0 Å². The first-order chi connectivity index (χ1) is 28.7. The molecule has 0 radical (unpaired) electrons. The third-order valence-corrected chi connectivity index (χ3v) is 8.56. The van der Waals surface area contributed by atoms with Gasteiger partial charge in [-0.3, -0.25) is 4.99 Å². The van der Waals surface area contributed by atoms with Gasteiger partial charge in [-0.2, -0.15) is 0 Å². The molecule has 12 heteroatoms. The Balaban J connectivity index is 1.32. The number of carbonyl (C=O) groups is 4. The molecule has 12 nitrogen and oxygen atoms in total. The second-order valence-corrected chi connectivity index (χ2v) is 13.1. The Morgan fingerprint density at radius 3 is 1.54 bits per heavy atom. The summed E-state index contributed by atoms with van der Waals surface area (Å²) in [5, 5.41) is 0. The first-order valence-corrected chi connectivity index (χ1v) is 19.8. The molecule has 0 aliphatic heterocycles. The van der Waals surface area contributed by atoms with Crippen molar-refractivity contribution in [2.24, 2.45) is 4.99 Å². The number of ether oxygens (including phenoxy) is 6. The Morgan fingerprint density at radius 2 is 1.03 bits per heavy atom. The smallest absolute Gasteiger partial charge is 0.343 e. The molecular formula is C47H56N2O10. The summed E-state index contributed by atoms with van der Waals surface area (Å²) >= 11 is 0. The number of allylic oxidation sites excluding steroid dienone is 3. The zero-order valence-corrected chi connectivity index (χ0v) is 34.2. The number of esters is 4. The van der Waals surface area contributed by atoms with Gasteiger partial charge in [-0.1, -0.05) is 44.9 Å². The van der Waals surface area contributed by atoms with Gasteiger partial charge in [0.25, 0.3) is 0 Å². The van der Waals surface area contributed by atoms with Crippen LogP contribution in [0.2, 0.25) is 0 Å². The molecular weight excluding hydrogens is 753 g/mol. The molecule has 0 saturated carbocycles. The highest BCUT2D eigenvalue weighted by molar-refractivity contribution is 5.92. The van der Waals surface area contributed by atoms with E-state index in [-0.39, 0.29) is 11.7 Å². The van der Waals surface area contributed by atoms with E-state index in [9.17, 15) is 19.2 Å². The lowest BCUT2D eigenvalue weighted by atomic mass is 10.1. The van der Waals surface area contributed by atoms with Gasteiger partial charge in [0.2, 0.25) is 0 Å². The van der Waals surface area contributed by atoms with Crippen LogP contribution in [0.1, 0.15) is 79.0 Å². The van der Waals surface area contributed by atoms with Gasteiger partial charge >= 0.3 is 23.9 Å². The molecule has 0 aliphatic rings. The highest BCUT2D eigenvalue weighted by atomic mass is 16.5. The van der Waals surface area contributed by atoms with Crippen LogP contribution in [-0.4, -0.2) is 81.6 Å². The number of benzene rings is 3. The van der Waals surface area contributed by atoms with Gasteiger partial charge in [0.1, 0.15) is 29.6 Å². The fourth-order valence-electron chi connectivity index (χ4n) is 5.33. The predicted octanol–water partition coefficient (Wildman–Crippen LogP) is 8.92. The van der Waals surface area contributed by atoms with E-state index in [1.165, 1.54) is 6.08 Å². The van der Waals surface area contributed by atoms with E-state index < -0.39 is 17.9 Å². The first-order valence-electron chi connectivity index (χ1n) is 19.8. The van der Waals surface area contributed by atoms with Gasteiger partial charge < -0.3 is 33.3 Å². The molecule has 0 spiro atoms. The van der Waals surface area contributed by atoms with Crippen LogP contribution >= 0.6 is 0 Å². The molecule has 0 amide bonds. The summed E-state index contributed by atoms with van der Waals surface area (Å²) < 4.78 is 32.4. The fraction of sp³-hybridized carbons (Fsp3) is 0.340. The summed E-state index contributed by atoms with van der Waals surface area (Å²) in [4.78, 5) is 54.2. The molecule has 0 N–H and O–H groups in total. The van der Waals surface area contributed by atoms with Crippen molar-refractivity contribution in [3.05, 3.63) is 133 Å². The normalized spacial score (nSPS) is 11.2. The number of hydrogen-bond donors (Lipinski definition) is 0. The standard InChI is InChI=1S/C47H56N2O10/c1-5-16-39(49(4)32-12-10-8-9-11-13-34-56-44(50)6-2)29-30-48-31-36-55-41-23-19-38(20-24-41)47(53)59-43-27-25-42(26-28-43)58-46(52)37-17-21-40(22-18-37)54-33-14-15-35-57-45(51)7-3/h5-7,16-30H,2-3,8-15,31-36H2,1,4H3/b16-5-,39-29+,48-30+. The molecule has 0 unspecified atom stereocenters. The quantitative estimate of drug-likeness (QED) is 0.0174. The lowest BCUT2D eigenvalue weighted by molar-refractivity contribution is -0.138. The van der Waals surface area contributed by atoms with E-state index >= 15 is 0 Å². The van der Waals surface area contributed by atoms with Gasteiger partial charge in [0.15, 0.2) is 0 Å². The predicted molar refractivity (Wildman–Crippen MR) is 228 cm³/mol. The molecule has 59 heavy (non-hydrogen) atoms. The summed E-state index contributed by atoms with van der Waals surface area (Å²) in [6.07, 6.45) is 17.9. The topological polar surface area (TPSA) is 139 Å². The molecule has 0 fully saturated rings. The number of nitrogens with zero attached hydrogens (tertiary/aromatic N) is 2. The maximum Gasteiger partial charge on any atom is 0.343 e. The molecule has 0 aliphatic carbocycles. The largest absolute Gasteiger partial charge is 0.494 e. The van der Waals surface area contributed by atoms with Crippen LogP contribution in [0.15, 0.2) is 127 Å². The van der Waals surface area contributed by atoms with Crippen molar-refractivity contribution in [3.63, 3.8) is 0 Å². The van der Waals surface area contributed by atoms with Gasteiger partial charge in [-0.15, -0.1) is 0 Å². The lowest BCUT2D eigenvalue weighted by Crippen LogP contribution is -2.18. The fourth-order valence-corrected chi connectivity index (χ4v) is 5.33.